The summed E-state index contributed by atoms with van der Waals surface area (Å²) in [6, 6.07) is 42.4. The first-order chi connectivity index (χ1) is 38.0. The highest BCUT2D eigenvalue weighted by atomic mass is 31.2. The Hall–Kier alpha value is -5.14. The third-order valence-electron chi connectivity index (χ3n) is 13.8. The highest BCUT2D eigenvalue weighted by Crippen LogP contribution is 2.46. The minimum absolute atomic E-state index is 0.0420. The summed E-state index contributed by atoms with van der Waals surface area (Å²) in [5.41, 5.74) is 4.65. The Morgan fingerprint density at radius 3 is 0.923 bits per heavy atom. The van der Waals surface area contributed by atoms with Crippen LogP contribution in [0.25, 0.3) is 0 Å². The standard InChI is InChI=1S/C62H86N2O12P2/c1-71-59-47-56(62(66)64-44-32-16-12-8-4-6-10-14-18-34-46-74-78(69,70)76-50-58(53-39-27-21-28-40-53)54-41-29-22-30-42-54)60(72-2)48-55(59)61(65)63-43-31-15-11-7-3-5-9-13-17-33-45-73-77(67,68)75-49-57(51-35-23-19-24-36-51)52-37-25-20-26-38-52/h19-30,35-42,47-48,57-58H,3-18,31-34,43-46,49-50H2,1-2H3,(H,63,65)(H,64,66)(H,67,68)(H,69,70). The Morgan fingerprint density at radius 2 is 0.654 bits per heavy atom. The molecule has 0 bridgehead atoms. The van der Waals surface area contributed by atoms with Crippen molar-refractivity contribution in [3.63, 3.8) is 0 Å². The lowest BCUT2D eigenvalue weighted by atomic mass is 9.92. The van der Waals surface area contributed by atoms with Crippen LogP contribution in [0, 0.1) is 0 Å². The summed E-state index contributed by atoms with van der Waals surface area (Å²) in [6.07, 6.45) is 20.1. The van der Waals surface area contributed by atoms with Gasteiger partial charge in [-0.2, -0.15) is 0 Å². The monoisotopic (exact) mass is 1110 g/mol. The lowest BCUT2D eigenvalue weighted by Crippen LogP contribution is -2.27. The molecule has 2 atom stereocenters. The van der Waals surface area contributed by atoms with Crippen molar-refractivity contribution in [3.8, 4) is 11.5 Å². The molecule has 5 aromatic carbocycles. The molecule has 0 heterocycles. The average molecular weight is 1110 g/mol. The third kappa shape index (κ3) is 24.5. The number of unbranched alkanes of at least 4 members (excludes halogenated alkanes) is 18. The first-order valence-corrected chi connectivity index (χ1v) is 31.2. The van der Waals surface area contributed by atoms with Crippen LogP contribution in [-0.2, 0) is 27.2 Å². The Kier molecular flexibility index (Phi) is 30.1. The van der Waals surface area contributed by atoms with Crippen LogP contribution in [-0.4, -0.2) is 75.3 Å². The van der Waals surface area contributed by atoms with Crippen LogP contribution >= 0.6 is 15.6 Å². The number of nitrogens with one attached hydrogen (secondary N) is 2. The van der Waals surface area contributed by atoms with Gasteiger partial charge in [-0.05, 0) is 60.1 Å². The molecule has 5 aromatic rings. The van der Waals surface area contributed by atoms with Crippen LogP contribution in [0.1, 0.15) is 183 Å². The van der Waals surface area contributed by atoms with Gasteiger partial charge < -0.3 is 29.9 Å². The number of ether oxygens (including phenoxy) is 2. The van der Waals surface area contributed by atoms with Gasteiger partial charge in [0.1, 0.15) is 11.5 Å². The van der Waals surface area contributed by atoms with E-state index in [9.17, 15) is 28.5 Å². The number of phosphoric acid groups is 2. The van der Waals surface area contributed by atoms with Gasteiger partial charge in [0.2, 0.25) is 0 Å². The fourth-order valence-electron chi connectivity index (χ4n) is 9.41. The topological polar surface area (TPSA) is 188 Å². The Labute approximate surface area is 464 Å². The molecule has 78 heavy (non-hydrogen) atoms. The van der Waals surface area contributed by atoms with E-state index in [1.54, 1.807) is 12.1 Å². The van der Waals surface area contributed by atoms with Crippen LogP contribution in [0.3, 0.4) is 0 Å². The number of benzene rings is 5. The minimum Gasteiger partial charge on any atom is -0.496 e. The summed E-state index contributed by atoms with van der Waals surface area (Å²) in [6.45, 7) is 1.49. The first-order valence-electron chi connectivity index (χ1n) is 28.3. The second-order valence-corrected chi connectivity index (χ2v) is 22.7. The average Bonchev–Trinajstić information content (AvgIpc) is 3.47. The summed E-state index contributed by atoms with van der Waals surface area (Å²) < 4.78 is 57.9. The Morgan fingerprint density at radius 1 is 0.397 bits per heavy atom. The lowest BCUT2D eigenvalue weighted by molar-refractivity contribution is 0.0935. The van der Waals surface area contributed by atoms with Gasteiger partial charge in [0.25, 0.3) is 11.8 Å². The van der Waals surface area contributed by atoms with Gasteiger partial charge in [-0.3, -0.25) is 27.7 Å². The third-order valence-corrected chi connectivity index (χ3v) is 15.8. The molecule has 0 aliphatic rings. The molecule has 0 aromatic heterocycles. The normalized spacial score (nSPS) is 13.0. The molecule has 4 N–H and O–H groups in total. The van der Waals surface area contributed by atoms with Crippen LogP contribution < -0.4 is 20.1 Å². The number of phosphoric ester groups is 2. The summed E-state index contributed by atoms with van der Waals surface area (Å²) in [4.78, 5) is 47.1. The smallest absolute Gasteiger partial charge is 0.472 e. The second-order valence-electron chi connectivity index (χ2n) is 19.8. The van der Waals surface area contributed by atoms with E-state index in [2.05, 4.69) is 10.6 Å². The fraction of sp³-hybridized carbons (Fsp3) is 0.484. The van der Waals surface area contributed by atoms with Crippen LogP contribution in [0.2, 0.25) is 0 Å². The van der Waals surface area contributed by atoms with Crippen molar-refractivity contribution >= 4 is 27.5 Å². The van der Waals surface area contributed by atoms with Gasteiger partial charge in [0, 0.05) is 24.9 Å². The number of carbonyl (C=O) groups excluding carboxylic acids is 2. The van der Waals surface area contributed by atoms with Crippen LogP contribution in [0.4, 0.5) is 0 Å². The molecular formula is C62H86N2O12P2. The van der Waals surface area contributed by atoms with E-state index in [4.69, 9.17) is 27.6 Å². The van der Waals surface area contributed by atoms with Crippen molar-refractivity contribution < 1.29 is 56.1 Å². The highest BCUT2D eigenvalue weighted by Gasteiger charge is 2.27. The van der Waals surface area contributed by atoms with E-state index >= 15 is 0 Å². The zero-order valence-electron chi connectivity index (χ0n) is 46.1. The molecule has 0 radical (unpaired) electrons. The van der Waals surface area contributed by atoms with Gasteiger partial charge in [-0.15, -0.1) is 0 Å². The SMILES string of the molecule is COc1cc(C(=O)NCCCCCCCCCCCCOP(=O)(O)OCC(c2ccccc2)c2ccccc2)c(OC)cc1C(=O)NCCCCCCCCCCCCOP(=O)(O)OCC(c1ccccc1)c1ccccc1. The summed E-state index contributed by atoms with van der Waals surface area (Å²) in [7, 11) is -5.40. The molecule has 16 heteroatoms. The second kappa shape index (κ2) is 36.9. The molecule has 0 aliphatic carbocycles. The fourth-order valence-corrected chi connectivity index (χ4v) is 11.0. The van der Waals surface area contributed by atoms with Gasteiger partial charge in [0.15, 0.2) is 0 Å². The molecule has 5 rings (SSSR count). The zero-order chi connectivity index (χ0) is 55.5. The van der Waals surface area contributed by atoms with E-state index in [-0.39, 0.29) is 50.1 Å². The summed E-state index contributed by atoms with van der Waals surface area (Å²) in [5, 5.41) is 5.98. The first kappa shape index (κ1) is 63.7. The quantitative estimate of drug-likeness (QED) is 0.0214. The number of rotatable bonds is 42. The van der Waals surface area contributed by atoms with E-state index in [1.807, 2.05) is 121 Å². The van der Waals surface area contributed by atoms with Crippen molar-refractivity contribution in [2.75, 3.05) is 53.7 Å². The van der Waals surface area contributed by atoms with Gasteiger partial charge >= 0.3 is 15.6 Å². The van der Waals surface area contributed by atoms with Gasteiger partial charge in [-0.1, -0.05) is 224 Å². The predicted octanol–water partition coefficient (Wildman–Crippen LogP) is 14.9. The van der Waals surface area contributed by atoms with E-state index in [1.165, 1.54) is 14.2 Å². The predicted molar refractivity (Wildman–Crippen MR) is 309 cm³/mol. The van der Waals surface area contributed by atoms with Gasteiger partial charge in [-0.25, -0.2) is 9.13 Å². The van der Waals surface area contributed by atoms with Crippen molar-refractivity contribution in [1.29, 1.82) is 0 Å². The molecular weight excluding hydrogens is 1030 g/mol. The van der Waals surface area contributed by atoms with Crippen molar-refractivity contribution in [1.82, 2.24) is 10.6 Å². The minimum atomic E-state index is -4.18. The summed E-state index contributed by atoms with van der Waals surface area (Å²) in [5.74, 6) is -0.312. The molecule has 0 aliphatic heterocycles. The molecule has 0 spiro atoms. The maximum atomic E-state index is 13.2. The number of methoxy groups -OCH3 is 2. The maximum Gasteiger partial charge on any atom is 0.472 e. The maximum absolute atomic E-state index is 13.2. The Bertz CT molecular complexity index is 2270. The lowest BCUT2D eigenvalue weighted by Gasteiger charge is -2.20. The molecule has 2 amide bonds. The molecule has 0 fully saturated rings. The van der Waals surface area contributed by atoms with Gasteiger partial charge in [0.05, 0.1) is 51.8 Å². The van der Waals surface area contributed by atoms with E-state index in [0.717, 1.165) is 138 Å². The molecule has 426 valence electrons. The molecule has 2 unspecified atom stereocenters. The largest absolute Gasteiger partial charge is 0.496 e. The summed E-state index contributed by atoms with van der Waals surface area (Å²) >= 11 is 0. The molecule has 14 nitrogen and oxygen atoms in total. The number of hydrogen-bond acceptors (Lipinski definition) is 10. The zero-order valence-corrected chi connectivity index (χ0v) is 47.9. The Balaban J connectivity index is 0.829. The van der Waals surface area contributed by atoms with Crippen LogP contribution in [0.5, 0.6) is 11.5 Å². The number of amides is 2. The number of carbonyl (C=O) groups is 2. The van der Waals surface area contributed by atoms with E-state index in [0.29, 0.717) is 48.6 Å². The van der Waals surface area contributed by atoms with Crippen molar-refractivity contribution in [2.45, 2.75) is 140 Å². The van der Waals surface area contributed by atoms with E-state index < -0.39 is 15.6 Å². The van der Waals surface area contributed by atoms with Crippen molar-refractivity contribution in [2.24, 2.45) is 0 Å². The molecule has 0 saturated carbocycles. The highest BCUT2D eigenvalue weighted by molar-refractivity contribution is 7.47. The van der Waals surface area contributed by atoms with Crippen LogP contribution in [0.15, 0.2) is 133 Å². The number of hydrogen-bond donors (Lipinski definition) is 4. The van der Waals surface area contributed by atoms with Crippen molar-refractivity contribution in [3.05, 3.63) is 167 Å². The molecule has 0 saturated heterocycles.